The fourth-order valence-corrected chi connectivity index (χ4v) is 1.49. The van der Waals surface area contributed by atoms with Crippen LogP contribution in [-0.4, -0.2) is 11.7 Å². The van der Waals surface area contributed by atoms with Crippen LogP contribution >= 0.6 is 0 Å². The largest absolute Gasteiger partial charge is 0.392 e. The maximum atomic E-state index is 9.05. The van der Waals surface area contributed by atoms with Gasteiger partial charge in [-0.25, -0.2) is 0 Å². The third-order valence-electron chi connectivity index (χ3n) is 2.47. The third-order valence-corrected chi connectivity index (χ3v) is 2.47. The fraction of sp³-hybridized carbons (Fsp3) is 0.385. The van der Waals surface area contributed by atoms with Crippen molar-refractivity contribution in [2.75, 3.05) is 6.61 Å². The number of aliphatic hydroxyl groups excluding tert-OH is 1. The van der Waals surface area contributed by atoms with E-state index in [0.29, 0.717) is 5.92 Å². The van der Waals surface area contributed by atoms with Gasteiger partial charge in [0.15, 0.2) is 0 Å². The average molecular weight is 190 g/mol. The summed E-state index contributed by atoms with van der Waals surface area (Å²) in [6, 6.07) is 10.3. The molecule has 0 radical (unpaired) electrons. The van der Waals surface area contributed by atoms with Gasteiger partial charge in [0.25, 0.3) is 0 Å². The summed E-state index contributed by atoms with van der Waals surface area (Å²) >= 11 is 0. The zero-order valence-electron chi connectivity index (χ0n) is 8.90. The van der Waals surface area contributed by atoms with Gasteiger partial charge in [-0.2, -0.15) is 0 Å². The number of aliphatic hydroxyl groups is 1. The van der Waals surface area contributed by atoms with Gasteiger partial charge in [-0.3, -0.25) is 0 Å². The molecule has 1 rings (SSSR count). The minimum absolute atomic E-state index is 0.174. The topological polar surface area (TPSA) is 20.2 Å². The Kier molecular flexibility index (Phi) is 4.41. The van der Waals surface area contributed by atoms with Gasteiger partial charge in [0.2, 0.25) is 0 Å². The van der Waals surface area contributed by atoms with Gasteiger partial charge in [-0.1, -0.05) is 50.3 Å². The molecule has 1 aromatic rings. The van der Waals surface area contributed by atoms with E-state index in [1.54, 1.807) is 0 Å². The number of hydrogen-bond donors (Lipinski definition) is 1. The molecule has 0 bridgehead atoms. The second kappa shape index (κ2) is 5.61. The van der Waals surface area contributed by atoms with E-state index in [2.05, 4.69) is 32.1 Å². The normalized spacial score (nSPS) is 14.1. The molecular weight excluding hydrogens is 172 g/mol. The molecule has 1 aromatic carbocycles. The Labute approximate surface area is 86.1 Å². The highest BCUT2D eigenvalue weighted by Gasteiger charge is 2.02. The summed E-state index contributed by atoms with van der Waals surface area (Å²) in [4.78, 5) is 0. The Morgan fingerprint density at radius 3 is 2.50 bits per heavy atom. The lowest BCUT2D eigenvalue weighted by Crippen LogP contribution is -1.94. The highest BCUT2D eigenvalue weighted by molar-refractivity contribution is 5.24. The van der Waals surface area contributed by atoms with Crippen molar-refractivity contribution in [3.63, 3.8) is 0 Å². The van der Waals surface area contributed by atoms with E-state index < -0.39 is 0 Å². The van der Waals surface area contributed by atoms with Crippen LogP contribution in [-0.2, 0) is 0 Å². The first-order chi connectivity index (χ1) is 6.77. The minimum atomic E-state index is 0.174. The lowest BCUT2D eigenvalue weighted by molar-refractivity contribution is 0.327. The summed E-state index contributed by atoms with van der Waals surface area (Å²) in [5.41, 5.74) is 2.41. The molecular formula is C13H18O. The van der Waals surface area contributed by atoms with E-state index in [1.165, 1.54) is 5.56 Å². The standard InChI is InChI=1S/C13H18O/c1-3-12(10-14)9-11(2)13-7-5-4-6-8-13/h4-9,11,14H,3,10H2,1-2H3/b12-9-. The predicted molar refractivity (Wildman–Crippen MR) is 60.3 cm³/mol. The quantitative estimate of drug-likeness (QED) is 0.723. The molecule has 76 valence electrons. The number of rotatable bonds is 4. The fourth-order valence-electron chi connectivity index (χ4n) is 1.49. The molecule has 1 atom stereocenters. The molecule has 0 fully saturated rings. The van der Waals surface area contributed by atoms with E-state index >= 15 is 0 Å². The SMILES string of the molecule is CC/C(=C/C(C)c1ccccc1)CO. The molecule has 14 heavy (non-hydrogen) atoms. The second-order valence-corrected chi connectivity index (χ2v) is 3.54. The summed E-state index contributed by atoms with van der Waals surface area (Å²) < 4.78 is 0. The molecule has 0 aliphatic carbocycles. The molecule has 0 heterocycles. The van der Waals surface area contributed by atoms with Crippen molar-refractivity contribution < 1.29 is 5.11 Å². The minimum Gasteiger partial charge on any atom is -0.392 e. The number of benzene rings is 1. The van der Waals surface area contributed by atoms with E-state index in [9.17, 15) is 0 Å². The Hall–Kier alpha value is -1.08. The first-order valence-electron chi connectivity index (χ1n) is 5.13. The molecule has 1 unspecified atom stereocenters. The monoisotopic (exact) mass is 190 g/mol. The van der Waals surface area contributed by atoms with Crippen molar-refractivity contribution in [1.82, 2.24) is 0 Å². The Bertz CT molecular complexity index is 281. The lowest BCUT2D eigenvalue weighted by Gasteiger charge is -2.08. The molecule has 0 aliphatic heterocycles. The van der Waals surface area contributed by atoms with Gasteiger partial charge in [0, 0.05) is 0 Å². The molecule has 1 heteroatoms. The summed E-state index contributed by atoms with van der Waals surface area (Å²) in [6.07, 6.45) is 3.07. The van der Waals surface area contributed by atoms with Gasteiger partial charge >= 0.3 is 0 Å². The molecule has 0 saturated carbocycles. The van der Waals surface area contributed by atoms with Crippen LogP contribution in [0, 0.1) is 0 Å². The van der Waals surface area contributed by atoms with Crippen molar-refractivity contribution >= 4 is 0 Å². The van der Waals surface area contributed by atoms with Crippen molar-refractivity contribution in [2.24, 2.45) is 0 Å². The maximum absolute atomic E-state index is 9.05. The average Bonchev–Trinajstić information content (AvgIpc) is 2.26. The van der Waals surface area contributed by atoms with Gasteiger partial charge in [-0.05, 0) is 23.5 Å². The van der Waals surface area contributed by atoms with Crippen molar-refractivity contribution in [3.8, 4) is 0 Å². The van der Waals surface area contributed by atoms with Crippen LogP contribution in [0.3, 0.4) is 0 Å². The molecule has 1 nitrogen and oxygen atoms in total. The van der Waals surface area contributed by atoms with Crippen LogP contribution < -0.4 is 0 Å². The zero-order chi connectivity index (χ0) is 10.4. The van der Waals surface area contributed by atoms with Crippen LogP contribution in [0.25, 0.3) is 0 Å². The van der Waals surface area contributed by atoms with Crippen LogP contribution in [0.2, 0.25) is 0 Å². The van der Waals surface area contributed by atoms with Crippen LogP contribution in [0.4, 0.5) is 0 Å². The van der Waals surface area contributed by atoms with E-state index in [1.807, 2.05) is 18.2 Å². The molecule has 0 aliphatic rings. The molecule has 0 spiro atoms. The third kappa shape index (κ3) is 3.00. The highest BCUT2D eigenvalue weighted by atomic mass is 16.3. The highest BCUT2D eigenvalue weighted by Crippen LogP contribution is 2.18. The number of hydrogen-bond acceptors (Lipinski definition) is 1. The maximum Gasteiger partial charge on any atom is 0.0641 e. The van der Waals surface area contributed by atoms with E-state index in [4.69, 9.17) is 5.11 Å². The van der Waals surface area contributed by atoms with E-state index in [0.717, 1.165) is 12.0 Å². The van der Waals surface area contributed by atoms with E-state index in [-0.39, 0.29) is 6.61 Å². The molecule has 0 amide bonds. The number of allylic oxidation sites excluding steroid dienone is 1. The first kappa shape index (κ1) is 11.0. The summed E-state index contributed by atoms with van der Waals surface area (Å²) in [5, 5.41) is 9.05. The summed E-state index contributed by atoms with van der Waals surface area (Å²) in [6.45, 7) is 4.40. The van der Waals surface area contributed by atoms with Crippen LogP contribution in [0.15, 0.2) is 42.0 Å². The van der Waals surface area contributed by atoms with Gasteiger partial charge in [0.05, 0.1) is 6.61 Å². The Balaban J connectivity index is 2.76. The Morgan fingerprint density at radius 2 is 2.00 bits per heavy atom. The zero-order valence-corrected chi connectivity index (χ0v) is 8.90. The Morgan fingerprint density at radius 1 is 1.36 bits per heavy atom. The van der Waals surface area contributed by atoms with Crippen LogP contribution in [0.1, 0.15) is 31.7 Å². The first-order valence-corrected chi connectivity index (χ1v) is 5.13. The van der Waals surface area contributed by atoms with Gasteiger partial charge < -0.3 is 5.11 Å². The van der Waals surface area contributed by atoms with Crippen molar-refractivity contribution in [2.45, 2.75) is 26.2 Å². The predicted octanol–water partition coefficient (Wildman–Crippen LogP) is 3.12. The second-order valence-electron chi connectivity index (χ2n) is 3.54. The molecule has 1 N–H and O–H groups in total. The molecule has 0 aromatic heterocycles. The van der Waals surface area contributed by atoms with Crippen LogP contribution in [0.5, 0.6) is 0 Å². The molecule has 0 saturated heterocycles. The summed E-state index contributed by atoms with van der Waals surface area (Å²) in [5.74, 6) is 0.387. The van der Waals surface area contributed by atoms with Crippen molar-refractivity contribution in [3.05, 3.63) is 47.5 Å². The summed E-state index contributed by atoms with van der Waals surface area (Å²) in [7, 11) is 0. The van der Waals surface area contributed by atoms with Gasteiger partial charge in [0.1, 0.15) is 0 Å². The lowest BCUT2D eigenvalue weighted by atomic mass is 9.98. The smallest absolute Gasteiger partial charge is 0.0641 e. The van der Waals surface area contributed by atoms with Gasteiger partial charge in [-0.15, -0.1) is 0 Å². The van der Waals surface area contributed by atoms with Crippen molar-refractivity contribution in [1.29, 1.82) is 0 Å².